The Bertz CT molecular complexity index is 1560. The molecule has 4 aromatic rings. The Morgan fingerprint density at radius 3 is 2.34 bits per heavy atom. The summed E-state index contributed by atoms with van der Waals surface area (Å²) in [6.45, 7) is 0. The molecule has 1 atom stereocenters. The van der Waals surface area contributed by atoms with Crippen molar-refractivity contribution in [1.82, 2.24) is 24.7 Å². The van der Waals surface area contributed by atoms with Crippen LogP contribution in [0.15, 0.2) is 54.7 Å². The lowest BCUT2D eigenvalue weighted by Gasteiger charge is -2.18. The quantitative estimate of drug-likeness (QED) is 0.303. The van der Waals surface area contributed by atoms with E-state index in [1.807, 2.05) is 6.07 Å². The summed E-state index contributed by atoms with van der Waals surface area (Å²) in [4.78, 5) is 8.36. The molecule has 0 saturated heterocycles. The van der Waals surface area contributed by atoms with E-state index in [1.165, 1.54) is 44.2 Å². The average molecular weight is 538 g/mol. The number of sulfonamides is 1. The van der Waals surface area contributed by atoms with Gasteiger partial charge in [0.25, 0.3) is 0 Å². The molecule has 0 radical (unpaired) electrons. The number of benzene rings is 1. The van der Waals surface area contributed by atoms with Crippen LogP contribution in [0.2, 0.25) is 0 Å². The molecule has 3 aromatic heterocycles. The number of pyridine rings is 2. The van der Waals surface area contributed by atoms with Crippen molar-refractivity contribution in [3.05, 3.63) is 66.0 Å². The van der Waals surface area contributed by atoms with Crippen molar-refractivity contribution in [3.8, 4) is 40.7 Å². The third kappa shape index (κ3) is 5.48. The highest BCUT2D eigenvalue weighted by molar-refractivity contribution is 7.92. The number of aromatic nitrogens is 5. The summed E-state index contributed by atoms with van der Waals surface area (Å²) >= 11 is 0. The van der Waals surface area contributed by atoms with Crippen LogP contribution in [0.25, 0.3) is 17.2 Å². The predicted octanol–water partition coefficient (Wildman–Crippen LogP) is 2.10. The number of hydrogen-bond donors (Lipinski definition) is 2. The van der Waals surface area contributed by atoms with E-state index in [0.717, 1.165) is 0 Å². The minimum absolute atomic E-state index is 0.0866. The van der Waals surface area contributed by atoms with E-state index in [-0.39, 0.29) is 23.0 Å². The molecule has 0 aliphatic carbocycles. The lowest BCUT2D eigenvalue weighted by Crippen LogP contribution is -2.24. The third-order valence-corrected chi connectivity index (χ3v) is 6.58. The first kappa shape index (κ1) is 26.3. The van der Waals surface area contributed by atoms with E-state index in [9.17, 15) is 13.5 Å². The molecular weight excluding hydrogens is 514 g/mol. The highest BCUT2D eigenvalue weighted by Gasteiger charge is 2.27. The molecule has 38 heavy (non-hydrogen) atoms. The number of rotatable bonds is 10. The standard InChI is InChI=1S/C24H23N7O6S/c1-35-19-7-5-8-20(36-2)22(19)31-23(17-6-4-9-21(27-17)37-3)28-29-24(31)30-38(33,34)14-18(32)16-11-10-15(12-25)13-26-16/h4-11,13,18,32H,14H2,1-3H3,(H,29,30). The summed E-state index contributed by atoms with van der Waals surface area (Å²) in [6.07, 6.45) is -0.228. The fourth-order valence-electron chi connectivity index (χ4n) is 3.58. The van der Waals surface area contributed by atoms with Crippen LogP contribution in [0.4, 0.5) is 5.95 Å². The van der Waals surface area contributed by atoms with Crippen molar-refractivity contribution < 1.29 is 27.7 Å². The van der Waals surface area contributed by atoms with Crippen LogP contribution < -0.4 is 18.9 Å². The minimum Gasteiger partial charge on any atom is -0.494 e. The fourth-order valence-corrected chi connectivity index (χ4v) is 4.66. The second kappa shape index (κ2) is 11.1. The fraction of sp³-hybridized carbons (Fsp3) is 0.208. The van der Waals surface area contributed by atoms with E-state index in [2.05, 4.69) is 24.9 Å². The molecule has 13 nitrogen and oxygen atoms in total. The van der Waals surface area contributed by atoms with Crippen molar-refractivity contribution in [2.75, 3.05) is 31.8 Å². The number of anilines is 1. The number of nitrogens with one attached hydrogen (secondary N) is 1. The van der Waals surface area contributed by atoms with Gasteiger partial charge in [0, 0.05) is 12.3 Å². The van der Waals surface area contributed by atoms with Crippen LogP contribution in [0.3, 0.4) is 0 Å². The Balaban J connectivity index is 1.79. The molecule has 196 valence electrons. The number of hydrogen-bond acceptors (Lipinski definition) is 11. The number of ether oxygens (including phenoxy) is 3. The van der Waals surface area contributed by atoms with E-state index < -0.39 is 21.9 Å². The maximum atomic E-state index is 13.1. The molecule has 1 unspecified atom stereocenters. The molecular formula is C24H23N7O6S. The first-order valence-electron chi connectivity index (χ1n) is 11.0. The predicted molar refractivity (Wildman–Crippen MR) is 136 cm³/mol. The SMILES string of the molecule is COc1cccc(-c2nnc(NS(=O)(=O)CC(O)c3ccc(C#N)cn3)n2-c2c(OC)cccc2OC)n1. The van der Waals surface area contributed by atoms with E-state index in [0.29, 0.717) is 28.8 Å². The summed E-state index contributed by atoms with van der Waals surface area (Å²) in [7, 11) is 0.172. The van der Waals surface area contributed by atoms with Crippen LogP contribution in [-0.2, 0) is 10.0 Å². The molecule has 0 bridgehead atoms. The topological polar surface area (TPSA) is 174 Å². The molecule has 0 fully saturated rings. The molecule has 4 rings (SSSR count). The number of para-hydroxylation sites is 1. The molecule has 1 aromatic carbocycles. The Hall–Kier alpha value is -4.74. The molecule has 3 heterocycles. The summed E-state index contributed by atoms with van der Waals surface area (Å²) < 4.78 is 46.3. The van der Waals surface area contributed by atoms with Gasteiger partial charge in [-0.1, -0.05) is 12.1 Å². The lowest BCUT2D eigenvalue weighted by molar-refractivity contribution is 0.197. The van der Waals surface area contributed by atoms with Gasteiger partial charge < -0.3 is 19.3 Å². The number of aliphatic hydroxyl groups is 1. The van der Waals surface area contributed by atoms with E-state index in [1.54, 1.807) is 36.4 Å². The maximum absolute atomic E-state index is 13.1. The van der Waals surface area contributed by atoms with Crippen LogP contribution in [0, 0.1) is 11.3 Å². The van der Waals surface area contributed by atoms with Crippen LogP contribution in [-0.4, -0.2) is 65.3 Å². The average Bonchev–Trinajstić information content (AvgIpc) is 3.34. The Labute approximate surface area is 218 Å². The second-order valence-corrected chi connectivity index (χ2v) is 9.51. The highest BCUT2D eigenvalue weighted by Crippen LogP contribution is 2.37. The van der Waals surface area contributed by atoms with Gasteiger partial charge >= 0.3 is 0 Å². The first-order valence-corrected chi connectivity index (χ1v) is 12.7. The summed E-state index contributed by atoms with van der Waals surface area (Å²) in [5.41, 5.74) is 1.01. The van der Waals surface area contributed by atoms with Gasteiger partial charge in [0.15, 0.2) is 5.82 Å². The van der Waals surface area contributed by atoms with Gasteiger partial charge in [0.05, 0.1) is 32.6 Å². The van der Waals surface area contributed by atoms with Gasteiger partial charge in [-0.25, -0.2) is 13.4 Å². The Morgan fingerprint density at radius 1 is 1.03 bits per heavy atom. The monoisotopic (exact) mass is 537 g/mol. The Morgan fingerprint density at radius 2 is 1.74 bits per heavy atom. The molecule has 0 aliphatic heterocycles. The first-order chi connectivity index (χ1) is 18.3. The van der Waals surface area contributed by atoms with Gasteiger partial charge in [-0.3, -0.25) is 14.3 Å². The smallest absolute Gasteiger partial charge is 0.243 e. The maximum Gasteiger partial charge on any atom is 0.243 e. The summed E-state index contributed by atoms with van der Waals surface area (Å²) in [5.74, 6) is 0.218. The number of nitriles is 1. The van der Waals surface area contributed by atoms with Crippen LogP contribution >= 0.6 is 0 Å². The largest absolute Gasteiger partial charge is 0.494 e. The number of methoxy groups -OCH3 is 3. The summed E-state index contributed by atoms with van der Waals surface area (Å²) in [6, 6.07) is 14.8. The Kier molecular flexibility index (Phi) is 7.70. The van der Waals surface area contributed by atoms with E-state index in [4.69, 9.17) is 19.5 Å². The number of nitrogens with zero attached hydrogens (tertiary/aromatic N) is 6. The van der Waals surface area contributed by atoms with E-state index >= 15 is 0 Å². The van der Waals surface area contributed by atoms with Crippen molar-refractivity contribution in [1.29, 1.82) is 5.26 Å². The zero-order valence-electron chi connectivity index (χ0n) is 20.6. The van der Waals surface area contributed by atoms with Gasteiger partial charge in [-0.15, -0.1) is 10.2 Å². The van der Waals surface area contributed by atoms with Crippen molar-refractivity contribution in [2.24, 2.45) is 0 Å². The molecule has 0 saturated carbocycles. The second-order valence-electron chi connectivity index (χ2n) is 7.74. The van der Waals surface area contributed by atoms with Gasteiger partial charge in [-0.2, -0.15) is 5.26 Å². The molecule has 0 amide bonds. The van der Waals surface area contributed by atoms with Crippen molar-refractivity contribution >= 4 is 16.0 Å². The lowest BCUT2D eigenvalue weighted by atomic mass is 10.2. The van der Waals surface area contributed by atoms with Gasteiger partial charge in [0.2, 0.25) is 21.9 Å². The third-order valence-electron chi connectivity index (χ3n) is 5.33. The van der Waals surface area contributed by atoms with Gasteiger partial charge in [-0.05, 0) is 30.3 Å². The molecule has 2 N–H and O–H groups in total. The van der Waals surface area contributed by atoms with Crippen LogP contribution in [0.5, 0.6) is 17.4 Å². The van der Waals surface area contributed by atoms with Gasteiger partial charge in [0.1, 0.15) is 40.8 Å². The zero-order chi connectivity index (χ0) is 27.3. The zero-order valence-corrected chi connectivity index (χ0v) is 21.4. The molecule has 14 heteroatoms. The van der Waals surface area contributed by atoms with Crippen LogP contribution in [0.1, 0.15) is 17.4 Å². The van der Waals surface area contributed by atoms with Crippen molar-refractivity contribution in [2.45, 2.75) is 6.10 Å². The summed E-state index contributed by atoms with van der Waals surface area (Å²) in [5, 5.41) is 27.7. The normalized spacial score (nSPS) is 11.9. The minimum atomic E-state index is -4.20. The van der Waals surface area contributed by atoms with Crippen molar-refractivity contribution in [3.63, 3.8) is 0 Å². The number of aliphatic hydroxyl groups excluding tert-OH is 1. The molecule has 0 spiro atoms. The highest BCUT2D eigenvalue weighted by atomic mass is 32.2. The molecule has 0 aliphatic rings.